The lowest BCUT2D eigenvalue weighted by Gasteiger charge is -2.33. The van der Waals surface area contributed by atoms with Crippen LogP contribution in [0.15, 0.2) is 91.0 Å². The fourth-order valence-corrected chi connectivity index (χ4v) is 13.3. The predicted molar refractivity (Wildman–Crippen MR) is 458 cm³/mol. The van der Waals surface area contributed by atoms with Crippen LogP contribution in [0.4, 0.5) is 0 Å². The summed E-state index contributed by atoms with van der Waals surface area (Å²) >= 11 is 0. The van der Waals surface area contributed by atoms with Crippen molar-refractivity contribution in [2.45, 2.75) is 377 Å². The molecule has 15 heteroatoms. The molecule has 0 bridgehead atoms. The summed E-state index contributed by atoms with van der Waals surface area (Å²) < 4.78 is 34.7. The number of nitrogens with zero attached hydrogens (tertiary/aromatic N) is 1. The Kier molecular flexibility index (Phi) is 49.7. The van der Waals surface area contributed by atoms with E-state index in [0.29, 0.717) is 25.9 Å². The zero-order valence-electron chi connectivity index (χ0n) is 71.7. The summed E-state index contributed by atoms with van der Waals surface area (Å²) in [4.78, 5) is 76.1. The molecule has 1 saturated heterocycles. The third kappa shape index (κ3) is 43.2. The summed E-state index contributed by atoms with van der Waals surface area (Å²) in [6, 6.07) is 23.9. The van der Waals surface area contributed by atoms with Gasteiger partial charge < -0.3 is 44.0 Å². The van der Waals surface area contributed by atoms with Gasteiger partial charge in [0, 0.05) is 56.2 Å². The number of ether oxygens (including phenoxy) is 6. The number of amides is 3. The van der Waals surface area contributed by atoms with Crippen LogP contribution in [-0.2, 0) is 43.0 Å². The highest BCUT2D eigenvalue weighted by atomic mass is 16.6. The first-order valence-electron chi connectivity index (χ1n) is 44.3. The Morgan fingerprint density at radius 2 is 0.577 bits per heavy atom. The number of rotatable bonds is 51. The second-order valence-corrected chi connectivity index (χ2v) is 33.5. The van der Waals surface area contributed by atoms with Gasteiger partial charge in [0.2, 0.25) is 17.7 Å². The van der Waals surface area contributed by atoms with Gasteiger partial charge in [-0.25, -0.2) is 0 Å². The summed E-state index contributed by atoms with van der Waals surface area (Å²) in [5.74, 6) is 2.07. The first-order chi connectivity index (χ1) is 53.5. The number of piperidine rings is 1. The number of nitrogens with one attached hydrogen (secondary N) is 2. The SMILES string of the molecule is CCCCCCCCCCCCCCOc1ccc(/C=C/C(=O)NC2CCC(OC(=O)C(C)(C)CC)CC2)cc1.CCCCCCCCCCCCOc1ccc(/C=C/C(=O)NC2CCC(OC(=O)C(C)(C)CC)CC2)cc1.CCCCCCCCOc1ccc(/C=C/C(=O)N2CCC(OC(=O)C(C)(C)CC)CC2)cc1. The van der Waals surface area contributed by atoms with E-state index in [9.17, 15) is 28.8 Å². The molecule has 111 heavy (non-hydrogen) atoms. The number of likely N-dealkylation sites (tertiary alicyclic amines) is 1. The molecule has 2 aliphatic carbocycles. The van der Waals surface area contributed by atoms with Crippen LogP contribution in [0.3, 0.4) is 0 Å². The van der Waals surface area contributed by atoms with E-state index in [4.69, 9.17) is 28.4 Å². The second-order valence-electron chi connectivity index (χ2n) is 33.5. The number of hydrogen-bond donors (Lipinski definition) is 2. The number of hydrogen-bond acceptors (Lipinski definition) is 12. The average Bonchev–Trinajstić information content (AvgIpc) is 0.868. The predicted octanol–water partition coefficient (Wildman–Crippen LogP) is 24.0. The van der Waals surface area contributed by atoms with Crippen molar-refractivity contribution in [3.63, 3.8) is 0 Å². The van der Waals surface area contributed by atoms with Crippen molar-refractivity contribution in [1.29, 1.82) is 0 Å². The number of benzene rings is 3. The Balaban J connectivity index is 0.000000353. The van der Waals surface area contributed by atoms with E-state index in [0.717, 1.165) is 144 Å². The molecular weight excluding hydrogens is 1390 g/mol. The molecule has 0 aromatic heterocycles. The van der Waals surface area contributed by atoms with Crippen LogP contribution < -0.4 is 24.8 Å². The van der Waals surface area contributed by atoms with Gasteiger partial charge >= 0.3 is 17.9 Å². The largest absolute Gasteiger partial charge is 0.494 e. The molecule has 0 spiro atoms. The minimum Gasteiger partial charge on any atom is -0.494 e. The molecule has 1 heterocycles. The van der Waals surface area contributed by atoms with Crippen LogP contribution in [0.2, 0.25) is 0 Å². The van der Waals surface area contributed by atoms with Crippen molar-refractivity contribution in [2.75, 3.05) is 32.9 Å². The Morgan fingerprint density at radius 1 is 0.333 bits per heavy atom. The lowest BCUT2D eigenvalue weighted by molar-refractivity contribution is -0.163. The normalized spacial score (nSPS) is 17.0. The monoisotopic (exact) mass is 1540 g/mol. The van der Waals surface area contributed by atoms with Crippen LogP contribution in [0.25, 0.3) is 18.2 Å². The third-order valence-corrected chi connectivity index (χ3v) is 22.6. The first kappa shape index (κ1) is 96.5. The van der Waals surface area contributed by atoms with Gasteiger partial charge in [0.05, 0.1) is 36.1 Å². The second kappa shape index (κ2) is 57.2. The molecule has 2 N–H and O–H groups in total. The summed E-state index contributed by atoms with van der Waals surface area (Å²) in [6.07, 6.45) is 57.1. The molecule has 3 aliphatic rings. The van der Waals surface area contributed by atoms with E-state index in [1.54, 1.807) is 18.2 Å². The Morgan fingerprint density at radius 3 is 0.838 bits per heavy atom. The van der Waals surface area contributed by atoms with Crippen LogP contribution in [0.5, 0.6) is 17.2 Å². The molecule has 6 rings (SSSR count). The van der Waals surface area contributed by atoms with Crippen LogP contribution >= 0.6 is 0 Å². The van der Waals surface area contributed by atoms with E-state index in [2.05, 4.69) is 31.4 Å². The van der Waals surface area contributed by atoms with Gasteiger partial charge in [0.25, 0.3) is 0 Å². The zero-order valence-corrected chi connectivity index (χ0v) is 71.7. The maximum atomic E-state index is 12.5. The standard InChI is InChI=1S/C35H57NO4.C33H53NO4.C28H43NO4/c1-5-7-8-9-10-11-12-13-14-15-16-17-28-39-31-23-18-29(19-24-31)20-27-33(37)36-30-21-25-32(26-22-30)40-34(38)35(3,4)6-2;1-5-7-8-9-10-11-12-13-14-15-26-37-29-21-16-27(17-22-29)18-25-31(35)34-28-19-23-30(24-20-28)38-32(36)33(3,4)6-2;1-5-7-8-9-10-11-22-32-24-15-12-23(13-16-24)14-17-26(30)29-20-18-25(19-21-29)33-27(31)28(3,4)6-2/h18-20,23-24,27,30,32H,5-17,21-22,25-26,28H2,1-4H3,(H,36,37);16-18,21-22,25,28,30H,5-15,19-20,23-24,26H2,1-4H3,(H,34,35);12-17,25H,5-11,18-22H2,1-4H3/b27-20+;25-18+;17-14+. The minimum atomic E-state index is -0.454. The molecule has 3 amide bonds. The molecule has 3 aromatic carbocycles. The summed E-state index contributed by atoms with van der Waals surface area (Å²) in [5.41, 5.74) is 1.59. The fraction of sp³-hybridized carbons (Fsp3) is 0.688. The van der Waals surface area contributed by atoms with Gasteiger partial charge in [-0.1, -0.05) is 238 Å². The maximum Gasteiger partial charge on any atom is 0.311 e. The van der Waals surface area contributed by atoms with Crippen molar-refractivity contribution in [1.82, 2.24) is 15.5 Å². The molecule has 15 nitrogen and oxygen atoms in total. The van der Waals surface area contributed by atoms with E-state index in [1.807, 2.05) is 158 Å². The molecule has 0 unspecified atom stereocenters. The highest BCUT2D eigenvalue weighted by molar-refractivity contribution is 5.93. The minimum absolute atomic E-state index is 0.00272. The quantitative estimate of drug-likeness (QED) is 0.0236. The fourth-order valence-electron chi connectivity index (χ4n) is 13.3. The number of esters is 3. The Bertz CT molecular complexity index is 3070. The van der Waals surface area contributed by atoms with E-state index in [1.165, 1.54) is 161 Å². The zero-order chi connectivity index (χ0) is 80.8. The number of unbranched alkanes of at least 4 members (excludes halogenated alkanes) is 25. The van der Waals surface area contributed by atoms with E-state index < -0.39 is 16.2 Å². The third-order valence-electron chi connectivity index (χ3n) is 22.6. The van der Waals surface area contributed by atoms with Gasteiger partial charge in [-0.3, -0.25) is 28.8 Å². The topological polar surface area (TPSA) is 185 Å². The van der Waals surface area contributed by atoms with Crippen molar-refractivity contribution < 1.29 is 57.2 Å². The van der Waals surface area contributed by atoms with Crippen molar-refractivity contribution >= 4 is 53.9 Å². The summed E-state index contributed by atoms with van der Waals surface area (Å²) in [7, 11) is 0. The molecule has 3 aromatic rings. The molecule has 624 valence electrons. The highest BCUT2D eigenvalue weighted by Gasteiger charge is 2.35. The van der Waals surface area contributed by atoms with Gasteiger partial charge in [0.15, 0.2) is 0 Å². The van der Waals surface area contributed by atoms with E-state index in [-0.39, 0.29) is 66.0 Å². The van der Waals surface area contributed by atoms with Crippen LogP contribution in [0, 0.1) is 16.2 Å². The molecule has 3 fully saturated rings. The highest BCUT2D eigenvalue weighted by Crippen LogP contribution is 2.31. The van der Waals surface area contributed by atoms with Crippen LogP contribution in [0.1, 0.15) is 363 Å². The molecule has 1 aliphatic heterocycles. The molecular formula is C96H153N3O12. The van der Waals surface area contributed by atoms with Gasteiger partial charge in [-0.15, -0.1) is 0 Å². The van der Waals surface area contributed by atoms with Crippen molar-refractivity contribution in [2.24, 2.45) is 16.2 Å². The lowest BCUT2D eigenvalue weighted by Crippen LogP contribution is -2.42. The lowest BCUT2D eigenvalue weighted by atomic mass is 9.89. The Labute approximate surface area is 673 Å². The average molecular weight is 1540 g/mol. The molecule has 2 saturated carbocycles. The van der Waals surface area contributed by atoms with Crippen LogP contribution in [-0.4, -0.2) is 104 Å². The summed E-state index contributed by atoms with van der Waals surface area (Å²) in [5, 5.41) is 6.18. The van der Waals surface area contributed by atoms with Gasteiger partial charge in [-0.05, 0) is 203 Å². The van der Waals surface area contributed by atoms with E-state index >= 15 is 0 Å². The Hall–Kier alpha value is -6.90. The number of carbonyl (C=O) groups is 6. The van der Waals surface area contributed by atoms with Crippen molar-refractivity contribution in [3.05, 3.63) is 108 Å². The first-order valence-corrected chi connectivity index (χ1v) is 44.3. The molecule has 0 atom stereocenters. The maximum absolute atomic E-state index is 12.5. The van der Waals surface area contributed by atoms with Gasteiger partial charge in [0.1, 0.15) is 35.6 Å². The number of carbonyl (C=O) groups excluding carboxylic acids is 6. The molecule has 0 radical (unpaired) electrons. The summed E-state index contributed by atoms with van der Waals surface area (Å²) in [6.45, 7) is 27.8. The van der Waals surface area contributed by atoms with Crippen molar-refractivity contribution in [3.8, 4) is 17.2 Å². The smallest absolute Gasteiger partial charge is 0.311 e. The van der Waals surface area contributed by atoms with Gasteiger partial charge in [-0.2, -0.15) is 0 Å².